The van der Waals surface area contributed by atoms with E-state index in [1.54, 1.807) is 7.11 Å². The molecule has 1 aliphatic rings. The molecule has 0 N–H and O–H groups in total. The maximum absolute atomic E-state index is 12.6. The number of methoxy groups -OCH3 is 1. The first-order chi connectivity index (χ1) is 9.92. The summed E-state index contributed by atoms with van der Waals surface area (Å²) < 4.78 is 5.71. The molecule has 1 rings (SSSR count). The van der Waals surface area contributed by atoms with Crippen LogP contribution >= 0.6 is 0 Å². The van der Waals surface area contributed by atoms with Crippen molar-refractivity contribution in [1.29, 1.82) is 0 Å². The van der Waals surface area contributed by atoms with Gasteiger partial charge in [0.15, 0.2) is 0 Å². The van der Waals surface area contributed by atoms with E-state index >= 15 is 0 Å². The van der Waals surface area contributed by atoms with Crippen LogP contribution in [0.4, 0.5) is 0 Å². The topological polar surface area (TPSA) is 29.5 Å². The third-order valence-electron chi connectivity index (χ3n) is 5.15. The van der Waals surface area contributed by atoms with Crippen molar-refractivity contribution >= 4 is 5.91 Å². The smallest absolute Gasteiger partial charge is 0.223 e. The van der Waals surface area contributed by atoms with E-state index < -0.39 is 0 Å². The predicted octanol–water partition coefficient (Wildman–Crippen LogP) is 4.89. The molecule has 0 saturated carbocycles. The normalized spacial score (nSPS) is 19.7. The Labute approximate surface area is 138 Å². The largest absolute Gasteiger partial charge is 0.378 e. The lowest BCUT2D eigenvalue weighted by Gasteiger charge is -2.48. The highest BCUT2D eigenvalue weighted by Gasteiger charge is 2.48. The highest BCUT2D eigenvalue weighted by Crippen LogP contribution is 2.43. The van der Waals surface area contributed by atoms with Crippen LogP contribution < -0.4 is 0 Å². The van der Waals surface area contributed by atoms with Gasteiger partial charge in [-0.3, -0.25) is 4.79 Å². The van der Waals surface area contributed by atoms with Crippen molar-refractivity contribution in [3.63, 3.8) is 0 Å². The number of hydrogen-bond acceptors (Lipinski definition) is 2. The van der Waals surface area contributed by atoms with Gasteiger partial charge in [-0.05, 0) is 32.1 Å². The van der Waals surface area contributed by atoms with Gasteiger partial charge in [0.25, 0.3) is 0 Å². The molecule has 0 aliphatic carbocycles. The second kappa shape index (κ2) is 7.81. The monoisotopic (exact) mass is 313 g/mol. The summed E-state index contributed by atoms with van der Waals surface area (Å²) in [6.45, 7) is 20.0. The molecule has 1 atom stereocenters. The Bertz CT molecular complexity index is 353. The van der Waals surface area contributed by atoms with Crippen LogP contribution in [0.2, 0.25) is 0 Å². The van der Waals surface area contributed by atoms with Gasteiger partial charge in [0, 0.05) is 31.5 Å². The molecule has 1 fully saturated rings. The van der Waals surface area contributed by atoms with Gasteiger partial charge >= 0.3 is 0 Å². The van der Waals surface area contributed by atoms with E-state index in [0.717, 1.165) is 19.4 Å². The Kier molecular flexibility index (Phi) is 7.61. The molecule has 3 nitrogen and oxygen atoms in total. The van der Waals surface area contributed by atoms with Gasteiger partial charge in [-0.25, -0.2) is 0 Å². The van der Waals surface area contributed by atoms with Gasteiger partial charge in [0.1, 0.15) is 0 Å². The lowest BCUT2D eigenvalue weighted by molar-refractivity contribution is -0.144. The number of hydrogen-bond donors (Lipinski definition) is 0. The number of ether oxygens (including phenoxy) is 1. The van der Waals surface area contributed by atoms with E-state index in [0.29, 0.717) is 12.3 Å². The molecule has 0 spiro atoms. The predicted molar refractivity (Wildman–Crippen MR) is 95.0 cm³/mol. The van der Waals surface area contributed by atoms with Crippen molar-refractivity contribution in [2.24, 2.45) is 10.8 Å². The summed E-state index contributed by atoms with van der Waals surface area (Å²) >= 11 is 0. The number of rotatable bonds is 4. The molecular formula is C19H39NO2. The average molecular weight is 314 g/mol. The third kappa shape index (κ3) is 4.97. The molecule has 0 aromatic carbocycles. The lowest BCUT2D eigenvalue weighted by atomic mass is 9.70. The minimum absolute atomic E-state index is 0.0468. The van der Waals surface area contributed by atoms with Crippen LogP contribution in [0.15, 0.2) is 0 Å². The van der Waals surface area contributed by atoms with Crippen molar-refractivity contribution in [2.45, 2.75) is 93.2 Å². The number of amides is 1. The molecule has 1 saturated heterocycles. The molecule has 1 amide bonds. The molecule has 22 heavy (non-hydrogen) atoms. The maximum Gasteiger partial charge on any atom is 0.223 e. The molecule has 0 bridgehead atoms. The SMILES string of the molecule is CC.COC(C)(C)C(C)(C)C1CCCN1C(=O)CC(C)(C)C. The molecule has 0 aromatic heterocycles. The summed E-state index contributed by atoms with van der Waals surface area (Å²) in [5.74, 6) is 0.292. The molecule has 1 unspecified atom stereocenters. The van der Waals surface area contributed by atoms with Crippen LogP contribution in [-0.2, 0) is 9.53 Å². The minimum Gasteiger partial charge on any atom is -0.378 e. The summed E-state index contributed by atoms with van der Waals surface area (Å²) in [4.78, 5) is 14.7. The van der Waals surface area contributed by atoms with Crippen LogP contribution in [-0.4, -0.2) is 36.1 Å². The molecule has 132 valence electrons. The Morgan fingerprint density at radius 3 is 2.00 bits per heavy atom. The number of carbonyl (C=O) groups is 1. The average Bonchev–Trinajstić information content (AvgIpc) is 2.88. The number of carbonyl (C=O) groups excluding carboxylic acids is 1. The lowest BCUT2D eigenvalue weighted by Crippen LogP contribution is -2.55. The van der Waals surface area contributed by atoms with Gasteiger partial charge in [-0.2, -0.15) is 0 Å². The van der Waals surface area contributed by atoms with Crippen molar-refractivity contribution in [1.82, 2.24) is 4.90 Å². The second-order valence-corrected chi connectivity index (χ2v) is 8.42. The molecular weight excluding hydrogens is 274 g/mol. The van der Waals surface area contributed by atoms with E-state index in [4.69, 9.17) is 4.74 Å². The number of nitrogens with zero attached hydrogens (tertiary/aromatic N) is 1. The van der Waals surface area contributed by atoms with Crippen molar-refractivity contribution in [2.75, 3.05) is 13.7 Å². The Hall–Kier alpha value is -0.570. The van der Waals surface area contributed by atoms with Crippen molar-refractivity contribution in [3.05, 3.63) is 0 Å². The fourth-order valence-corrected chi connectivity index (χ4v) is 3.04. The zero-order valence-corrected chi connectivity index (χ0v) is 16.7. The fraction of sp³-hybridized carbons (Fsp3) is 0.947. The van der Waals surface area contributed by atoms with E-state index in [1.165, 1.54) is 0 Å². The first-order valence-corrected chi connectivity index (χ1v) is 8.77. The minimum atomic E-state index is -0.248. The molecule has 1 heterocycles. The first kappa shape index (κ1) is 21.4. The van der Waals surface area contributed by atoms with Crippen LogP contribution in [0.1, 0.15) is 81.6 Å². The van der Waals surface area contributed by atoms with E-state index in [2.05, 4.69) is 53.4 Å². The number of likely N-dealkylation sites (tertiary alicyclic amines) is 1. The molecule has 3 heteroatoms. The summed E-state index contributed by atoms with van der Waals surface area (Å²) in [5, 5.41) is 0. The summed E-state index contributed by atoms with van der Waals surface area (Å²) in [7, 11) is 1.76. The van der Waals surface area contributed by atoms with Gasteiger partial charge < -0.3 is 9.64 Å². The molecule has 0 aromatic rings. The Morgan fingerprint density at radius 2 is 1.59 bits per heavy atom. The zero-order chi connectivity index (χ0) is 17.8. The van der Waals surface area contributed by atoms with Crippen molar-refractivity contribution < 1.29 is 9.53 Å². The van der Waals surface area contributed by atoms with Crippen LogP contribution in [0, 0.1) is 10.8 Å². The highest BCUT2D eigenvalue weighted by molar-refractivity contribution is 5.77. The van der Waals surface area contributed by atoms with Crippen LogP contribution in [0.3, 0.4) is 0 Å². The van der Waals surface area contributed by atoms with Gasteiger partial charge in [0.05, 0.1) is 5.60 Å². The standard InChI is InChI=1S/C17H33NO2.C2H6/c1-15(2,3)12-14(19)18-11-9-10-13(18)16(4,5)17(6,7)20-8;1-2/h13H,9-12H2,1-8H3;1-2H3. The second-order valence-electron chi connectivity index (χ2n) is 8.42. The molecule has 0 radical (unpaired) electrons. The summed E-state index contributed by atoms with van der Waals surface area (Å²) in [6, 6.07) is 0.271. The molecule has 1 aliphatic heterocycles. The first-order valence-electron chi connectivity index (χ1n) is 8.77. The summed E-state index contributed by atoms with van der Waals surface area (Å²) in [6.07, 6.45) is 2.80. The van der Waals surface area contributed by atoms with Gasteiger partial charge in [-0.15, -0.1) is 0 Å². The zero-order valence-electron chi connectivity index (χ0n) is 16.7. The quantitative estimate of drug-likeness (QED) is 0.739. The fourth-order valence-electron chi connectivity index (χ4n) is 3.04. The van der Waals surface area contributed by atoms with Gasteiger partial charge in [-0.1, -0.05) is 48.5 Å². The van der Waals surface area contributed by atoms with E-state index in [1.807, 2.05) is 13.8 Å². The van der Waals surface area contributed by atoms with Crippen LogP contribution in [0.5, 0.6) is 0 Å². The van der Waals surface area contributed by atoms with Crippen LogP contribution in [0.25, 0.3) is 0 Å². The highest BCUT2D eigenvalue weighted by atomic mass is 16.5. The Morgan fingerprint density at radius 1 is 1.09 bits per heavy atom. The van der Waals surface area contributed by atoms with Crippen molar-refractivity contribution in [3.8, 4) is 0 Å². The van der Waals surface area contributed by atoms with Gasteiger partial charge in [0.2, 0.25) is 5.91 Å². The Balaban J connectivity index is 0.00000211. The third-order valence-corrected chi connectivity index (χ3v) is 5.15. The van der Waals surface area contributed by atoms with E-state index in [-0.39, 0.29) is 22.5 Å². The maximum atomic E-state index is 12.6. The summed E-state index contributed by atoms with van der Waals surface area (Å²) in [5.41, 5.74) is -0.265. The van der Waals surface area contributed by atoms with E-state index in [9.17, 15) is 4.79 Å².